The quantitative estimate of drug-likeness (QED) is 0.473. The molecule has 0 unspecified atom stereocenters. The van der Waals surface area contributed by atoms with Gasteiger partial charge in [-0.2, -0.15) is 0 Å². The van der Waals surface area contributed by atoms with E-state index in [-0.39, 0.29) is 5.82 Å². The maximum atomic E-state index is 13.1. The van der Waals surface area contributed by atoms with Crippen LogP contribution in [0.1, 0.15) is 12.0 Å². The Hall–Kier alpha value is -3.05. The van der Waals surface area contributed by atoms with Crippen molar-refractivity contribution >= 4 is 5.69 Å². The van der Waals surface area contributed by atoms with Gasteiger partial charge in [-0.05, 0) is 74.1 Å². The van der Waals surface area contributed by atoms with E-state index in [2.05, 4.69) is 10.6 Å². The minimum atomic E-state index is -0.284. The molecule has 3 rings (SSSR count). The average molecular weight is 380 g/mol. The molecule has 3 aromatic carbocycles. The van der Waals surface area contributed by atoms with Crippen LogP contribution in [0.15, 0.2) is 72.8 Å². The van der Waals surface area contributed by atoms with E-state index >= 15 is 0 Å². The molecule has 0 heterocycles. The summed E-state index contributed by atoms with van der Waals surface area (Å²) in [6, 6.07) is 21.7. The van der Waals surface area contributed by atoms with Gasteiger partial charge in [0.25, 0.3) is 0 Å². The summed E-state index contributed by atoms with van der Waals surface area (Å²) in [4.78, 5) is 0. The monoisotopic (exact) mass is 380 g/mol. The van der Waals surface area contributed by atoms with Crippen molar-refractivity contribution < 1.29 is 13.9 Å². The van der Waals surface area contributed by atoms with Crippen molar-refractivity contribution in [3.05, 3.63) is 84.2 Å². The summed E-state index contributed by atoms with van der Waals surface area (Å²) < 4.78 is 24.7. The molecular formula is C23H25FN2O2. The zero-order valence-corrected chi connectivity index (χ0v) is 16.0. The third-order valence-corrected chi connectivity index (χ3v) is 4.17. The molecule has 0 aliphatic carbocycles. The smallest absolute Gasteiger partial charge is 0.150 e. The summed E-state index contributed by atoms with van der Waals surface area (Å²) in [6.45, 7) is 2.30. The maximum Gasteiger partial charge on any atom is 0.150 e. The summed E-state index contributed by atoms with van der Waals surface area (Å²) in [6.07, 6.45) is 0.977. The second-order valence-corrected chi connectivity index (χ2v) is 6.36. The van der Waals surface area contributed by atoms with Crippen LogP contribution >= 0.6 is 0 Å². The molecule has 28 heavy (non-hydrogen) atoms. The van der Waals surface area contributed by atoms with Crippen molar-refractivity contribution in [2.75, 3.05) is 25.5 Å². The third-order valence-electron chi connectivity index (χ3n) is 4.17. The molecule has 0 spiro atoms. The van der Waals surface area contributed by atoms with Gasteiger partial charge >= 0.3 is 0 Å². The Labute approximate surface area is 165 Å². The van der Waals surface area contributed by atoms with Crippen LogP contribution in [0.25, 0.3) is 0 Å². The molecule has 5 heteroatoms. The Morgan fingerprint density at radius 2 is 1.57 bits per heavy atom. The highest BCUT2D eigenvalue weighted by Crippen LogP contribution is 2.29. The average Bonchev–Trinajstić information content (AvgIpc) is 2.73. The van der Waals surface area contributed by atoms with E-state index in [4.69, 9.17) is 9.47 Å². The van der Waals surface area contributed by atoms with E-state index in [1.165, 1.54) is 12.1 Å². The number of para-hydroxylation sites is 2. The van der Waals surface area contributed by atoms with Gasteiger partial charge < -0.3 is 20.1 Å². The first-order chi connectivity index (χ1) is 13.7. The topological polar surface area (TPSA) is 42.5 Å². The van der Waals surface area contributed by atoms with Crippen molar-refractivity contribution in [1.82, 2.24) is 5.32 Å². The van der Waals surface area contributed by atoms with Gasteiger partial charge in [-0.1, -0.05) is 24.3 Å². The standard InChI is InChI=1S/C23H25FN2O2/c1-25-15-4-16-27-20-11-7-18(8-12-20)17-26-22-5-2-3-6-23(22)28-21-13-9-19(24)10-14-21/h2-3,5-14,25-26H,4,15-17H2,1H3. The molecule has 0 fully saturated rings. The van der Waals surface area contributed by atoms with Gasteiger partial charge in [-0.3, -0.25) is 0 Å². The molecule has 0 atom stereocenters. The fourth-order valence-electron chi connectivity index (χ4n) is 2.67. The number of nitrogens with one attached hydrogen (secondary N) is 2. The van der Waals surface area contributed by atoms with Crippen molar-refractivity contribution in [2.45, 2.75) is 13.0 Å². The summed E-state index contributed by atoms with van der Waals surface area (Å²) in [5.41, 5.74) is 2.01. The number of ether oxygens (including phenoxy) is 2. The van der Waals surface area contributed by atoms with Crippen LogP contribution in [0.4, 0.5) is 10.1 Å². The van der Waals surface area contributed by atoms with Crippen molar-refractivity contribution in [1.29, 1.82) is 0 Å². The molecule has 0 bridgehead atoms. The van der Waals surface area contributed by atoms with E-state index in [0.717, 1.165) is 30.0 Å². The lowest BCUT2D eigenvalue weighted by molar-refractivity contribution is 0.310. The predicted molar refractivity (Wildman–Crippen MR) is 111 cm³/mol. The molecular weight excluding hydrogens is 355 g/mol. The van der Waals surface area contributed by atoms with Crippen LogP contribution in [0.2, 0.25) is 0 Å². The SMILES string of the molecule is CNCCCOc1ccc(CNc2ccccc2Oc2ccc(F)cc2)cc1. The van der Waals surface area contributed by atoms with Gasteiger partial charge in [0.1, 0.15) is 17.3 Å². The van der Waals surface area contributed by atoms with Crippen LogP contribution in [-0.2, 0) is 6.54 Å². The zero-order valence-electron chi connectivity index (χ0n) is 16.0. The maximum absolute atomic E-state index is 13.1. The molecule has 0 amide bonds. The Morgan fingerprint density at radius 1 is 0.857 bits per heavy atom. The largest absolute Gasteiger partial charge is 0.494 e. The first-order valence-electron chi connectivity index (χ1n) is 9.37. The molecule has 4 nitrogen and oxygen atoms in total. The minimum absolute atomic E-state index is 0.284. The van der Waals surface area contributed by atoms with Crippen LogP contribution in [0.5, 0.6) is 17.2 Å². The lowest BCUT2D eigenvalue weighted by Gasteiger charge is -2.13. The van der Waals surface area contributed by atoms with Crippen LogP contribution in [-0.4, -0.2) is 20.2 Å². The summed E-state index contributed by atoms with van der Waals surface area (Å²) in [5, 5.41) is 6.49. The van der Waals surface area contributed by atoms with E-state index < -0.39 is 0 Å². The lowest BCUT2D eigenvalue weighted by Crippen LogP contribution is -2.11. The van der Waals surface area contributed by atoms with E-state index in [1.54, 1.807) is 12.1 Å². The Bertz CT molecular complexity index is 851. The molecule has 0 aliphatic rings. The second kappa shape index (κ2) is 10.3. The number of anilines is 1. The summed E-state index contributed by atoms with van der Waals surface area (Å²) >= 11 is 0. The molecule has 0 saturated heterocycles. The number of hydrogen-bond acceptors (Lipinski definition) is 4. The fraction of sp³-hybridized carbons (Fsp3) is 0.217. The highest BCUT2D eigenvalue weighted by Gasteiger charge is 2.05. The fourth-order valence-corrected chi connectivity index (χ4v) is 2.67. The normalized spacial score (nSPS) is 10.5. The van der Waals surface area contributed by atoms with Gasteiger partial charge in [0.2, 0.25) is 0 Å². The lowest BCUT2D eigenvalue weighted by atomic mass is 10.2. The Balaban J connectivity index is 1.56. The van der Waals surface area contributed by atoms with Gasteiger partial charge in [0.15, 0.2) is 5.75 Å². The number of hydrogen-bond donors (Lipinski definition) is 2. The van der Waals surface area contributed by atoms with Crippen molar-refractivity contribution in [3.63, 3.8) is 0 Å². The van der Waals surface area contributed by atoms with Crippen LogP contribution in [0, 0.1) is 5.82 Å². The molecule has 0 aliphatic heterocycles. The number of rotatable bonds is 10. The third kappa shape index (κ3) is 5.99. The first-order valence-corrected chi connectivity index (χ1v) is 9.37. The number of benzene rings is 3. The van der Waals surface area contributed by atoms with E-state index in [9.17, 15) is 4.39 Å². The molecule has 2 N–H and O–H groups in total. The van der Waals surface area contributed by atoms with E-state index in [0.29, 0.717) is 24.7 Å². The Kier molecular flexibility index (Phi) is 7.27. The highest BCUT2D eigenvalue weighted by molar-refractivity contribution is 5.57. The molecule has 146 valence electrons. The van der Waals surface area contributed by atoms with Crippen molar-refractivity contribution in [2.24, 2.45) is 0 Å². The minimum Gasteiger partial charge on any atom is -0.494 e. The zero-order chi connectivity index (χ0) is 19.6. The summed E-state index contributed by atoms with van der Waals surface area (Å²) in [5.74, 6) is 1.88. The van der Waals surface area contributed by atoms with Crippen molar-refractivity contribution in [3.8, 4) is 17.2 Å². The molecule has 3 aromatic rings. The van der Waals surface area contributed by atoms with Gasteiger partial charge in [-0.15, -0.1) is 0 Å². The second-order valence-electron chi connectivity index (χ2n) is 6.36. The summed E-state index contributed by atoms with van der Waals surface area (Å²) in [7, 11) is 1.94. The van der Waals surface area contributed by atoms with E-state index in [1.807, 2.05) is 55.6 Å². The molecule has 0 saturated carbocycles. The van der Waals surface area contributed by atoms with Gasteiger partial charge in [-0.25, -0.2) is 4.39 Å². The van der Waals surface area contributed by atoms with Gasteiger partial charge in [0, 0.05) is 6.54 Å². The van der Waals surface area contributed by atoms with Crippen LogP contribution < -0.4 is 20.1 Å². The predicted octanol–water partition coefficient (Wildman–Crippen LogP) is 5.22. The first kappa shape index (κ1) is 19.7. The van der Waals surface area contributed by atoms with Crippen LogP contribution in [0.3, 0.4) is 0 Å². The highest BCUT2D eigenvalue weighted by atomic mass is 19.1. The van der Waals surface area contributed by atoms with Gasteiger partial charge in [0.05, 0.1) is 12.3 Å². The molecule has 0 aromatic heterocycles. The molecule has 0 radical (unpaired) electrons. The number of halogens is 1. The Morgan fingerprint density at radius 3 is 2.32 bits per heavy atom.